The molecule has 6 aromatic heterocycles. The van der Waals surface area contributed by atoms with Crippen molar-refractivity contribution >= 4 is 41.0 Å². The number of aromatic nitrogens is 10. The molecule has 0 spiro atoms. The number of nitrogens with two attached hydrogens (primary N) is 1. The molecule has 0 atom stereocenters. The molecule has 25 nitrogen and oxygen atoms in total. The van der Waals surface area contributed by atoms with Crippen LogP contribution >= 0.6 is 0 Å². The summed E-state index contributed by atoms with van der Waals surface area (Å²) in [5.74, 6) is 2.13. The molecule has 88 heavy (non-hydrogen) atoms. The minimum Gasteiger partial charge on any atom is -1.00 e. The van der Waals surface area contributed by atoms with Gasteiger partial charge in [0.2, 0.25) is 0 Å². The van der Waals surface area contributed by atoms with E-state index in [0.717, 1.165) is 96.9 Å². The van der Waals surface area contributed by atoms with Crippen LogP contribution in [0.4, 0.5) is 14.4 Å². The Morgan fingerprint density at radius 3 is 1.47 bits per heavy atom. The SMILES string of the molecule is C1COCCN1.C[n+]1ccn(C(=O)N2CCOCC2)c1.NCc1ccc(-c2cccc3nc(CC(=O)C4CC4)nn23)cc1.O=C(Cc1nc2cccc(-c3ccc(CNC(=O)N4CCOCC4)cc3)n2n1)C1CC1.O=C(N1CCOCC1)n1ccnc1.[I-]. The van der Waals surface area contributed by atoms with Crippen LogP contribution in [0.25, 0.3) is 33.8 Å². The first-order valence-electron chi connectivity index (χ1n) is 29.8. The number of fused-ring (bicyclic) bond motifs is 2. The highest BCUT2D eigenvalue weighted by molar-refractivity contribution is 5.85. The number of hydrogen-bond acceptors (Lipinski definition) is 16. The molecule has 2 saturated carbocycles. The van der Waals surface area contributed by atoms with E-state index in [1.165, 1.54) is 10.9 Å². The summed E-state index contributed by atoms with van der Waals surface area (Å²) in [6.45, 7) is 12.5. The number of carbonyl (C=O) groups excluding carboxylic acids is 5. The molecule has 4 N–H and O–H groups in total. The zero-order chi connectivity index (χ0) is 60.3. The molecule has 8 aromatic rings. The molecule has 14 rings (SSSR count). The van der Waals surface area contributed by atoms with Crippen molar-refractivity contribution in [2.24, 2.45) is 24.6 Å². The Bertz CT molecular complexity index is 3520. The summed E-state index contributed by atoms with van der Waals surface area (Å²) in [6.07, 6.45) is 14.8. The highest BCUT2D eigenvalue weighted by Crippen LogP contribution is 2.32. The molecule has 4 amide bonds. The van der Waals surface area contributed by atoms with E-state index in [9.17, 15) is 24.0 Å². The average molecular weight is 1320 g/mol. The number of ether oxygens (including phenoxy) is 4. The van der Waals surface area contributed by atoms with Crippen LogP contribution in [0.3, 0.4) is 0 Å². The number of aryl methyl sites for hydroxylation is 1. The van der Waals surface area contributed by atoms with Gasteiger partial charge in [0.05, 0.1) is 84.1 Å². The van der Waals surface area contributed by atoms with Crippen LogP contribution in [0, 0.1) is 11.8 Å². The number of morpholine rings is 4. The number of urea groups is 1. The molecular weight excluding hydrogens is 1240 g/mol. The molecular formula is C62H77IN16O9. The highest BCUT2D eigenvalue weighted by Gasteiger charge is 2.31. The van der Waals surface area contributed by atoms with Crippen molar-refractivity contribution in [3.63, 3.8) is 0 Å². The van der Waals surface area contributed by atoms with Crippen LogP contribution in [-0.2, 0) is 61.5 Å². The molecule has 0 unspecified atom stereocenters. The Balaban J connectivity index is 0.000000142. The summed E-state index contributed by atoms with van der Waals surface area (Å²) in [7, 11) is 1.89. The minimum absolute atomic E-state index is 0. The van der Waals surface area contributed by atoms with Gasteiger partial charge in [-0.25, -0.2) is 42.9 Å². The maximum absolute atomic E-state index is 12.2. The minimum atomic E-state index is -0.0620. The number of imidazole rings is 2. The summed E-state index contributed by atoms with van der Waals surface area (Å²) in [5, 5.41) is 15.3. The largest absolute Gasteiger partial charge is 1.00 e. The van der Waals surface area contributed by atoms with Crippen molar-refractivity contribution in [2.75, 3.05) is 105 Å². The molecule has 4 saturated heterocycles. The first-order valence-corrected chi connectivity index (χ1v) is 29.8. The summed E-state index contributed by atoms with van der Waals surface area (Å²) in [4.78, 5) is 78.0. The first kappa shape index (κ1) is 64.6. The number of carbonyl (C=O) groups is 5. The third-order valence-electron chi connectivity index (χ3n) is 15.1. The summed E-state index contributed by atoms with van der Waals surface area (Å²) in [6, 6.07) is 27.8. The fraction of sp³-hybridized carbons (Fsp3) is 0.435. The van der Waals surface area contributed by atoms with Gasteiger partial charge in [0.25, 0.3) is 6.33 Å². The lowest BCUT2D eigenvalue weighted by Crippen LogP contribution is -3.00. The lowest BCUT2D eigenvalue weighted by atomic mass is 10.1. The predicted octanol–water partition coefficient (Wildman–Crippen LogP) is 1.24. The number of benzene rings is 2. The van der Waals surface area contributed by atoms with E-state index >= 15 is 0 Å². The van der Waals surface area contributed by atoms with Gasteiger partial charge in [0.15, 0.2) is 22.9 Å². The number of nitrogens with one attached hydrogen (secondary N) is 2. The number of pyridine rings is 2. The Morgan fingerprint density at radius 1 is 0.591 bits per heavy atom. The van der Waals surface area contributed by atoms with Gasteiger partial charge in [-0.2, -0.15) is 14.8 Å². The summed E-state index contributed by atoms with van der Waals surface area (Å²) < 4.78 is 29.1. The van der Waals surface area contributed by atoms with Crippen LogP contribution in [0.5, 0.6) is 0 Å². The van der Waals surface area contributed by atoms with Crippen LogP contribution in [-0.4, -0.2) is 193 Å². The zero-order valence-corrected chi connectivity index (χ0v) is 51.8. The number of amides is 4. The first-order chi connectivity index (χ1) is 42.6. The molecule has 4 aliphatic heterocycles. The molecule has 0 radical (unpaired) electrons. The number of nitrogens with zero attached hydrogens (tertiary/aromatic N) is 13. The number of hydrogen-bond donors (Lipinski definition) is 3. The maximum Gasteiger partial charge on any atom is 0.415 e. The van der Waals surface area contributed by atoms with Crippen molar-refractivity contribution in [1.82, 2.24) is 68.6 Å². The molecule has 2 aromatic carbocycles. The molecule has 26 heteroatoms. The number of ketones is 2. The van der Waals surface area contributed by atoms with Gasteiger partial charge in [0, 0.05) is 101 Å². The Morgan fingerprint density at radius 2 is 1.06 bits per heavy atom. The third kappa shape index (κ3) is 18.4. The number of rotatable bonds is 11. The summed E-state index contributed by atoms with van der Waals surface area (Å²) >= 11 is 0. The monoisotopic (exact) mass is 1320 g/mol. The third-order valence-corrected chi connectivity index (χ3v) is 15.1. The van der Waals surface area contributed by atoms with E-state index in [2.05, 4.69) is 35.8 Å². The lowest BCUT2D eigenvalue weighted by Gasteiger charge is -2.26. The van der Waals surface area contributed by atoms with Gasteiger partial charge >= 0.3 is 18.1 Å². The molecule has 10 heterocycles. The smallest absolute Gasteiger partial charge is 0.415 e. The molecule has 6 fully saturated rings. The van der Waals surface area contributed by atoms with Gasteiger partial charge < -0.3 is 69.1 Å². The van der Waals surface area contributed by atoms with Crippen molar-refractivity contribution in [3.05, 3.63) is 145 Å². The second kappa shape index (κ2) is 32.4. The average Bonchev–Trinajstić information content (AvgIpc) is 2.67. The van der Waals surface area contributed by atoms with Gasteiger partial charge in [-0.05, 0) is 61.1 Å². The van der Waals surface area contributed by atoms with Crippen LogP contribution in [0.2, 0.25) is 0 Å². The second-order valence-electron chi connectivity index (χ2n) is 21.7. The van der Waals surface area contributed by atoms with Crippen LogP contribution in [0.15, 0.2) is 122 Å². The van der Waals surface area contributed by atoms with E-state index in [4.69, 9.17) is 24.7 Å². The van der Waals surface area contributed by atoms with E-state index in [-0.39, 0.29) is 65.5 Å². The fourth-order valence-electron chi connectivity index (χ4n) is 9.85. The van der Waals surface area contributed by atoms with Crippen LogP contribution in [0.1, 0.15) is 48.5 Å². The van der Waals surface area contributed by atoms with Gasteiger partial charge in [-0.15, -0.1) is 0 Å². The Hall–Kier alpha value is -7.86. The molecule has 466 valence electrons. The van der Waals surface area contributed by atoms with Crippen molar-refractivity contribution in [3.8, 4) is 22.5 Å². The second-order valence-corrected chi connectivity index (χ2v) is 21.7. The number of halogens is 1. The van der Waals surface area contributed by atoms with Crippen molar-refractivity contribution in [2.45, 2.75) is 51.6 Å². The van der Waals surface area contributed by atoms with Crippen molar-refractivity contribution < 1.29 is 71.5 Å². The lowest BCUT2D eigenvalue weighted by molar-refractivity contribution is -0.670. The fourth-order valence-corrected chi connectivity index (χ4v) is 9.85. The van der Waals surface area contributed by atoms with Crippen LogP contribution < -0.4 is 44.9 Å². The predicted molar refractivity (Wildman–Crippen MR) is 320 cm³/mol. The van der Waals surface area contributed by atoms with E-state index in [1.807, 2.05) is 107 Å². The van der Waals surface area contributed by atoms with E-state index in [1.54, 1.807) is 48.7 Å². The summed E-state index contributed by atoms with van der Waals surface area (Å²) in [5.41, 5.74) is 13.2. The quantitative estimate of drug-likeness (QED) is 0.122. The van der Waals surface area contributed by atoms with Gasteiger partial charge in [-0.1, -0.05) is 60.7 Å². The Kier molecular flexibility index (Phi) is 23.8. The normalized spacial score (nSPS) is 16.5. The number of Topliss-reactive ketones (excluding diaryl/α,β-unsaturated/α-hetero) is 2. The highest BCUT2D eigenvalue weighted by atomic mass is 127. The molecule has 2 aliphatic carbocycles. The van der Waals surface area contributed by atoms with E-state index in [0.29, 0.717) is 116 Å². The topological polar surface area (TPSA) is 269 Å². The molecule has 0 bridgehead atoms. The molecule has 6 aliphatic rings. The standard InChI is InChI=1S/C23H25N5O3.C18H18N4O.C9H14N3O2.C8H11N3O2.C4H9NO.HI/c29-20(18-8-9-18)14-21-25-22-3-1-2-19(28(22)26-21)17-6-4-16(5-7-17)15-24-23(30)27-10-12-31-13-11-27;19-11-12-4-6-13(7-5-12)15-2-1-3-18-20-17(21-22(15)18)10-16(23)14-8-9-14;1-10-2-3-12(8-10)9(13)11-4-6-14-7-5-11;12-8(11-2-1-9-7-11)10-3-5-13-6-4-10;1-3-6-4-2-5-1;/h1-7,18H,8-15H2,(H,24,30);1-7,14H,8-11,19H2;2-3,8H,4-7H2,1H3;1-2,7H,3-6H2;5H,1-4H2;1H/q;;+1;;;/p-1. The zero-order valence-electron chi connectivity index (χ0n) is 49.6. The van der Waals surface area contributed by atoms with E-state index < -0.39 is 0 Å². The van der Waals surface area contributed by atoms with Crippen molar-refractivity contribution in [1.29, 1.82) is 0 Å². The van der Waals surface area contributed by atoms with Gasteiger partial charge in [0.1, 0.15) is 30.3 Å². The Labute approximate surface area is 527 Å². The maximum atomic E-state index is 12.2. The van der Waals surface area contributed by atoms with Gasteiger partial charge in [-0.3, -0.25) is 19.1 Å².